The van der Waals surface area contributed by atoms with Crippen LogP contribution in [-0.2, 0) is 11.3 Å². The molecule has 0 fully saturated rings. The van der Waals surface area contributed by atoms with E-state index >= 15 is 0 Å². The Balaban J connectivity index is 2.43. The molecule has 8 heteroatoms. The van der Waals surface area contributed by atoms with Gasteiger partial charge in [-0.2, -0.15) is 18.2 Å². The minimum absolute atomic E-state index is 0.0634. The third kappa shape index (κ3) is 5.46. The van der Waals surface area contributed by atoms with Crippen LogP contribution in [0.5, 0.6) is 0 Å². The number of hydrogen-bond acceptors (Lipinski definition) is 5. The molecule has 0 saturated heterocycles. The summed E-state index contributed by atoms with van der Waals surface area (Å²) in [6, 6.07) is -0.408. The number of rotatable bonds is 6. The minimum Gasteiger partial charge on any atom is -0.364 e. The number of aromatic nitrogens is 2. The fraction of sp³-hybridized carbons (Fsp3) is 0.800. The van der Waals surface area contributed by atoms with Crippen molar-refractivity contribution >= 4 is 0 Å². The maximum Gasteiger partial charge on any atom is 0.411 e. The van der Waals surface area contributed by atoms with Crippen molar-refractivity contribution in [3.8, 4) is 0 Å². The lowest BCUT2D eigenvalue weighted by Crippen LogP contribution is -2.17. The number of ether oxygens (including phenoxy) is 1. The van der Waals surface area contributed by atoms with Gasteiger partial charge in [0, 0.05) is 0 Å². The number of alkyl halides is 3. The van der Waals surface area contributed by atoms with Gasteiger partial charge in [0.05, 0.1) is 6.04 Å². The molecule has 0 aliphatic heterocycles. The molecule has 1 heterocycles. The van der Waals surface area contributed by atoms with Crippen molar-refractivity contribution < 1.29 is 22.4 Å². The van der Waals surface area contributed by atoms with E-state index in [-0.39, 0.29) is 18.3 Å². The van der Waals surface area contributed by atoms with E-state index < -0.39 is 18.8 Å². The maximum atomic E-state index is 11.8. The predicted molar refractivity (Wildman–Crippen MR) is 56.4 cm³/mol. The highest BCUT2D eigenvalue weighted by molar-refractivity contribution is 4.91. The van der Waals surface area contributed by atoms with E-state index in [1.165, 1.54) is 0 Å². The summed E-state index contributed by atoms with van der Waals surface area (Å²) in [4.78, 5) is 3.89. The number of nitrogens with zero attached hydrogens (tertiary/aromatic N) is 2. The fourth-order valence-corrected chi connectivity index (χ4v) is 1.34. The minimum atomic E-state index is -4.36. The molecule has 1 aromatic heterocycles. The van der Waals surface area contributed by atoms with Crippen LogP contribution in [0.3, 0.4) is 0 Å². The Morgan fingerprint density at radius 1 is 1.39 bits per heavy atom. The molecular weight excluding hydrogens is 251 g/mol. The summed E-state index contributed by atoms with van der Waals surface area (Å²) in [5.74, 6) is 0.639. The van der Waals surface area contributed by atoms with Crippen molar-refractivity contribution in [3.05, 3.63) is 11.7 Å². The lowest BCUT2D eigenvalue weighted by atomic mass is 10.0. The van der Waals surface area contributed by atoms with Gasteiger partial charge in [-0.1, -0.05) is 19.0 Å². The number of halogens is 3. The molecule has 0 aliphatic rings. The predicted octanol–water partition coefficient (Wildman–Crippen LogP) is 2.19. The molecule has 0 saturated carbocycles. The second kappa shape index (κ2) is 6.14. The van der Waals surface area contributed by atoms with Crippen LogP contribution in [0.25, 0.3) is 0 Å². The molecule has 1 aromatic rings. The van der Waals surface area contributed by atoms with Crippen molar-refractivity contribution in [1.82, 2.24) is 10.1 Å². The first-order valence-corrected chi connectivity index (χ1v) is 5.50. The summed E-state index contributed by atoms with van der Waals surface area (Å²) >= 11 is 0. The molecule has 0 bridgehead atoms. The van der Waals surface area contributed by atoms with Crippen LogP contribution in [0.15, 0.2) is 4.52 Å². The van der Waals surface area contributed by atoms with E-state index in [0.29, 0.717) is 12.3 Å². The van der Waals surface area contributed by atoms with Crippen LogP contribution < -0.4 is 5.73 Å². The van der Waals surface area contributed by atoms with Crippen LogP contribution in [0, 0.1) is 5.92 Å². The lowest BCUT2D eigenvalue weighted by Gasteiger charge is -2.08. The van der Waals surface area contributed by atoms with Gasteiger partial charge < -0.3 is 15.0 Å². The Morgan fingerprint density at radius 2 is 2.06 bits per heavy atom. The van der Waals surface area contributed by atoms with Crippen molar-refractivity contribution in [2.24, 2.45) is 11.7 Å². The monoisotopic (exact) mass is 267 g/mol. The third-order valence-electron chi connectivity index (χ3n) is 2.02. The first kappa shape index (κ1) is 14.9. The summed E-state index contributed by atoms with van der Waals surface area (Å²) in [7, 11) is 0. The molecule has 2 N–H and O–H groups in total. The Labute approximate surface area is 102 Å². The topological polar surface area (TPSA) is 74.2 Å². The zero-order valence-electron chi connectivity index (χ0n) is 10.2. The molecule has 0 radical (unpaired) electrons. The van der Waals surface area contributed by atoms with Crippen molar-refractivity contribution in [2.45, 2.75) is 39.1 Å². The van der Waals surface area contributed by atoms with Crippen LogP contribution >= 0.6 is 0 Å². The normalized spacial score (nSPS) is 14.2. The Kier molecular flexibility index (Phi) is 5.09. The Morgan fingerprint density at radius 3 is 2.61 bits per heavy atom. The van der Waals surface area contributed by atoms with Gasteiger partial charge in [0.1, 0.15) is 13.2 Å². The largest absolute Gasteiger partial charge is 0.411 e. The van der Waals surface area contributed by atoms with E-state index in [9.17, 15) is 13.2 Å². The molecule has 0 aromatic carbocycles. The van der Waals surface area contributed by atoms with E-state index in [0.717, 1.165) is 0 Å². The second-order valence-electron chi connectivity index (χ2n) is 4.39. The molecule has 5 nitrogen and oxygen atoms in total. The molecule has 18 heavy (non-hydrogen) atoms. The average molecular weight is 267 g/mol. The highest BCUT2D eigenvalue weighted by Crippen LogP contribution is 2.18. The van der Waals surface area contributed by atoms with Crippen molar-refractivity contribution in [2.75, 3.05) is 6.61 Å². The third-order valence-corrected chi connectivity index (χ3v) is 2.02. The van der Waals surface area contributed by atoms with Gasteiger partial charge >= 0.3 is 6.18 Å². The van der Waals surface area contributed by atoms with E-state index in [1.807, 2.05) is 13.8 Å². The fourth-order valence-electron chi connectivity index (χ4n) is 1.34. The Hall–Kier alpha value is -1.15. The summed E-state index contributed by atoms with van der Waals surface area (Å²) in [5, 5.41) is 3.51. The number of hydrogen-bond donors (Lipinski definition) is 1. The summed E-state index contributed by atoms with van der Waals surface area (Å²) in [6.45, 7) is 2.29. The van der Waals surface area contributed by atoms with Crippen LogP contribution in [0.2, 0.25) is 0 Å². The Bertz CT molecular complexity index is 365. The van der Waals surface area contributed by atoms with Crippen LogP contribution in [0.1, 0.15) is 38.0 Å². The van der Waals surface area contributed by atoms with Gasteiger partial charge in [-0.15, -0.1) is 0 Å². The summed E-state index contributed by atoms with van der Waals surface area (Å²) in [6.07, 6.45) is -3.70. The maximum absolute atomic E-state index is 11.8. The van der Waals surface area contributed by atoms with Crippen LogP contribution in [-0.4, -0.2) is 22.9 Å². The van der Waals surface area contributed by atoms with Gasteiger partial charge in [0.15, 0.2) is 5.82 Å². The lowest BCUT2D eigenvalue weighted by molar-refractivity contribution is -0.177. The standard InChI is InChI=1S/C10H16F3N3O2/c1-6(2)3-7(14)9-15-8(16-18-9)4-17-5-10(11,12)13/h6-7H,3-5,14H2,1-2H3/t7-/m0/s1. The number of nitrogens with two attached hydrogens (primary N) is 1. The molecular formula is C10H16F3N3O2. The molecule has 104 valence electrons. The molecule has 1 atom stereocenters. The zero-order valence-corrected chi connectivity index (χ0v) is 10.2. The average Bonchev–Trinajstić information content (AvgIpc) is 2.63. The molecule has 0 aliphatic carbocycles. The SMILES string of the molecule is CC(C)C[C@H](N)c1nc(COCC(F)(F)F)no1. The molecule has 0 spiro atoms. The van der Waals surface area contributed by atoms with E-state index in [4.69, 9.17) is 10.3 Å². The molecule has 0 amide bonds. The summed E-state index contributed by atoms with van der Waals surface area (Å²) in [5.41, 5.74) is 5.79. The first-order chi connectivity index (χ1) is 8.28. The van der Waals surface area contributed by atoms with Gasteiger partial charge in [0.2, 0.25) is 5.89 Å². The highest BCUT2D eigenvalue weighted by atomic mass is 19.4. The summed E-state index contributed by atoms with van der Waals surface area (Å²) < 4.78 is 44.7. The molecule has 0 unspecified atom stereocenters. The highest BCUT2D eigenvalue weighted by Gasteiger charge is 2.27. The van der Waals surface area contributed by atoms with Crippen molar-refractivity contribution in [3.63, 3.8) is 0 Å². The molecule has 1 rings (SSSR count). The van der Waals surface area contributed by atoms with Gasteiger partial charge in [-0.05, 0) is 12.3 Å². The first-order valence-electron chi connectivity index (χ1n) is 5.50. The zero-order chi connectivity index (χ0) is 13.8. The van der Waals surface area contributed by atoms with E-state index in [1.54, 1.807) is 0 Å². The second-order valence-corrected chi connectivity index (χ2v) is 4.39. The van der Waals surface area contributed by atoms with Gasteiger partial charge in [-0.3, -0.25) is 0 Å². The quantitative estimate of drug-likeness (QED) is 0.855. The van der Waals surface area contributed by atoms with Crippen molar-refractivity contribution in [1.29, 1.82) is 0 Å². The van der Waals surface area contributed by atoms with Crippen LogP contribution in [0.4, 0.5) is 13.2 Å². The van der Waals surface area contributed by atoms with Gasteiger partial charge in [0.25, 0.3) is 0 Å². The van der Waals surface area contributed by atoms with E-state index in [2.05, 4.69) is 14.9 Å². The van der Waals surface area contributed by atoms with Gasteiger partial charge in [-0.25, -0.2) is 0 Å². The smallest absolute Gasteiger partial charge is 0.364 e.